The van der Waals surface area contributed by atoms with E-state index in [2.05, 4.69) is 16.8 Å². The summed E-state index contributed by atoms with van der Waals surface area (Å²) in [6.07, 6.45) is 7.56. The van der Waals surface area contributed by atoms with E-state index >= 15 is 0 Å². The molecule has 2 fully saturated rings. The van der Waals surface area contributed by atoms with Gasteiger partial charge in [-0.2, -0.15) is 0 Å². The molecule has 110 valence electrons. The third-order valence-electron chi connectivity index (χ3n) is 5.45. The van der Waals surface area contributed by atoms with Crippen molar-refractivity contribution < 1.29 is 0 Å². The lowest BCUT2D eigenvalue weighted by molar-refractivity contribution is 0.0938. The second-order valence-corrected chi connectivity index (χ2v) is 7.05. The summed E-state index contributed by atoms with van der Waals surface area (Å²) in [7, 11) is 0. The van der Waals surface area contributed by atoms with Gasteiger partial charge in [0, 0.05) is 6.54 Å². The number of hydrogen-bond acceptors (Lipinski definition) is 3. The lowest BCUT2D eigenvalue weighted by Crippen LogP contribution is -2.39. The monoisotopic (exact) mass is 281 g/mol. The number of benzene rings is 1. The second-order valence-electron chi connectivity index (χ2n) is 7.05. The molecule has 3 heteroatoms. The zero-order chi connectivity index (χ0) is 14.3. The van der Waals surface area contributed by atoms with Gasteiger partial charge in [-0.15, -0.1) is 0 Å². The molecule has 3 nitrogen and oxygen atoms in total. The van der Waals surface area contributed by atoms with Crippen LogP contribution >= 0.6 is 0 Å². The zero-order valence-electron chi connectivity index (χ0n) is 12.8. The summed E-state index contributed by atoms with van der Waals surface area (Å²) < 4.78 is 0. The molecule has 1 saturated heterocycles. The maximum Gasteiger partial charge on any atom is 0.0890 e. The summed E-state index contributed by atoms with van der Waals surface area (Å²) in [4.78, 5) is 11.8. The summed E-state index contributed by atoms with van der Waals surface area (Å²) in [5.74, 6) is 1.01. The Kier molecular flexibility index (Phi) is 3.18. The van der Waals surface area contributed by atoms with Gasteiger partial charge in [0.1, 0.15) is 0 Å². The fraction of sp³-hybridized carbons (Fsp3) is 0.556. The van der Waals surface area contributed by atoms with Crippen molar-refractivity contribution in [1.29, 1.82) is 0 Å². The van der Waals surface area contributed by atoms with Crippen LogP contribution in [0.5, 0.6) is 0 Å². The Morgan fingerprint density at radius 2 is 1.86 bits per heavy atom. The number of nitrogens with zero attached hydrogens (tertiary/aromatic N) is 3. The van der Waals surface area contributed by atoms with E-state index in [1.807, 2.05) is 30.5 Å². The molecule has 0 radical (unpaired) electrons. The molecule has 4 rings (SSSR count). The van der Waals surface area contributed by atoms with Gasteiger partial charge in [-0.1, -0.05) is 19.1 Å². The van der Waals surface area contributed by atoms with Crippen LogP contribution in [0.4, 0.5) is 0 Å². The highest BCUT2D eigenvalue weighted by Gasteiger charge is 2.42. The van der Waals surface area contributed by atoms with Gasteiger partial charge in [-0.05, 0) is 62.2 Å². The van der Waals surface area contributed by atoms with Gasteiger partial charge in [0.15, 0.2) is 0 Å². The van der Waals surface area contributed by atoms with Crippen LogP contribution in [0.1, 0.15) is 38.3 Å². The molecule has 0 N–H and O–H groups in total. The molecule has 2 aromatic rings. The number of fused-ring (bicyclic) bond motifs is 1. The molecule has 1 saturated carbocycles. The van der Waals surface area contributed by atoms with E-state index < -0.39 is 0 Å². The minimum atomic E-state index is 0.617. The quantitative estimate of drug-likeness (QED) is 0.860. The van der Waals surface area contributed by atoms with Crippen molar-refractivity contribution >= 4 is 11.0 Å². The first-order valence-corrected chi connectivity index (χ1v) is 8.16. The molecule has 0 atom stereocenters. The van der Waals surface area contributed by atoms with Crippen molar-refractivity contribution in [3.63, 3.8) is 0 Å². The summed E-state index contributed by atoms with van der Waals surface area (Å²) in [5.41, 5.74) is 3.71. The van der Waals surface area contributed by atoms with Crippen molar-refractivity contribution in [2.75, 3.05) is 13.1 Å². The molecule has 1 aliphatic carbocycles. The first-order valence-electron chi connectivity index (χ1n) is 8.16. The average molecular weight is 281 g/mol. The molecule has 21 heavy (non-hydrogen) atoms. The molecule has 1 aliphatic heterocycles. The van der Waals surface area contributed by atoms with Crippen molar-refractivity contribution in [2.45, 2.75) is 39.2 Å². The Balaban J connectivity index is 1.43. The highest BCUT2D eigenvalue weighted by Crippen LogP contribution is 2.51. The van der Waals surface area contributed by atoms with Crippen LogP contribution in [-0.4, -0.2) is 28.0 Å². The number of piperidine rings is 1. The predicted molar refractivity (Wildman–Crippen MR) is 84.9 cm³/mol. The van der Waals surface area contributed by atoms with Crippen molar-refractivity contribution in [3.8, 4) is 0 Å². The fourth-order valence-electron chi connectivity index (χ4n) is 3.71. The maximum absolute atomic E-state index is 4.75. The third-order valence-corrected chi connectivity index (χ3v) is 5.45. The Labute approximate surface area is 126 Å². The minimum Gasteiger partial charge on any atom is -0.297 e. The molecule has 2 heterocycles. The van der Waals surface area contributed by atoms with Crippen molar-refractivity contribution in [1.82, 2.24) is 14.9 Å². The molecule has 0 unspecified atom stereocenters. The third kappa shape index (κ3) is 2.67. The Morgan fingerprint density at radius 1 is 1.14 bits per heavy atom. The van der Waals surface area contributed by atoms with Crippen LogP contribution in [0.25, 0.3) is 11.0 Å². The highest BCUT2D eigenvalue weighted by molar-refractivity contribution is 5.73. The van der Waals surface area contributed by atoms with E-state index in [9.17, 15) is 0 Å². The van der Waals surface area contributed by atoms with Gasteiger partial charge < -0.3 is 0 Å². The number of para-hydroxylation sites is 2. The lowest BCUT2D eigenvalue weighted by Gasteiger charge is -2.39. The van der Waals surface area contributed by atoms with Crippen LogP contribution in [0.15, 0.2) is 30.5 Å². The summed E-state index contributed by atoms with van der Waals surface area (Å²) in [6.45, 7) is 5.86. The van der Waals surface area contributed by atoms with E-state index in [0.717, 1.165) is 29.2 Å². The lowest BCUT2D eigenvalue weighted by atomic mass is 9.76. The summed E-state index contributed by atoms with van der Waals surface area (Å²) >= 11 is 0. The van der Waals surface area contributed by atoms with E-state index in [0.29, 0.717) is 5.41 Å². The van der Waals surface area contributed by atoms with E-state index in [4.69, 9.17) is 4.98 Å². The molecular weight excluding hydrogens is 258 g/mol. The standard InChI is InChI=1S/C18H23N3/c1-18(14-6-7-14)8-10-21(11-9-18)13-15-12-19-16-4-2-3-5-17(16)20-15/h2-5,12,14H,6-11,13H2,1H3. The number of hydrogen-bond donors (Lipinski definition) is 0. The van der Waals surface area contributed by atoms with Gasteiger partial charge in [-0.3, -0.25) is 9.88 Å². The first kappa shape index (κ1) is 13.2. The van der Waals surface area contributed by atoms with Crippen molar-refractivity contribution in [2.24, 2.45) is 11.3 Å². The van der Waals surface area contributed by atoms with E-state index in [-0.39, 0.29) is 0 Å². The Bertz CT molecular complexity index is 640. The molecule has 0 amide bonds. The summed E-state index contributed by atoms with van der Waals surface area (Å²) in [6, 6.07) is 8.11. The smallest absolute Gasteiger partial charge is 0.0890 e. The fourth-order valence-corrected chi connectivity index (χ4v) is 3.71. The predicted octanol–water partition coefficient (Wildman–Crippen LogP) is 3.64. The number of aromatic nitrogens is 2. The van der Waals surface area contributed by atoms with Crippen LogP contribution in [-0.2, 0) is 6.54 Å². The molecule has 0 spiro atoms. The van der Waals surface area contributed by atoms with Gasteiger partial charge in [0.2, 0.25) is 0 Å². The molecule has 0 bridgehead atoms. The normalized spacial score (nSPS) is 22.5. The number of rotatable bonds is 3. The van der Waals surface area contributed by atoms with Crippen LogP contribution in [0, 0.1) is 11.3 Å². The van der Waals surface area contributed by atoms with Gasteiger partial charge in [0.25, 0.3) is 0 Å². The Morgan fingerprint density at radius 3 is 2.57 bits per heavy atom. The molecular formula is C18H23N3. The summed E-state index contributed by atoms with van der Waals surface area (Å²) in [5, 5.41) is 0. The second kappa shape index (κ2) is 5.06. The van der Waals surface area contributed by atoms with Gasteiger partial charge in [-0.25, -0.2) is 4.98 Å². The molecule has 1 aromatic carbocycles. The van der Waals surface area contributed by atoms with Crippen molar-refractivity contribution in [3.05, 3.63) is 36.2 Å². The Hall–Kier alpha value is -1.48. The largest absolute Gasteiger partial charge is 0.297 e. The maximum atomic E-state index is 4.75. The topological polar surface area (TPSA) is 29.0 Å². The van der Waals surface area contributed by atoms with Crippen LogP contribution < -0.4 is 0 Å². The zero-order valence-corrected chi connectivity index (χ0v) is 12.8. The van der Waals surface area contributed by atoms with Gasteiger partial charge >= 0.3 is 0 Å². The first-order chi connectivity index (χ1) is 10.2. The van der Waals surface area contributed by atoms with Crippen LogP contribution in [0.3, 0.4) is 0 Å². The average Bonchev–Trinajstić information content (AvgIpc) is 3.35. The van der Waals surface area contributed by atoms with E-state index in [1.165, 1.54) is 38.8 Å². The SMILES string of the molecule is CC1(C2CC2)CCN(Cc2cnc3ccccc3n2)CC1. The van der Waals surface area contributed by atoms with Gasteiger partial charge in [0.05, 0.1) is 22.9 Å². The highest BCUT2D eigenvalue weighted by atomic mass is 15.1. The van der Waals surface area contributed by atoms with Crippen LogP contribution in [0.2, 0.25) is 0 Å². The van der Waals surface area contributed by atoms with E-state index in [1.54, 1.807) is 0 Å². The number of likely N-dealkylation sites (tertiary alicyclic amines) is 1. The molecule has 2 aliphatic rings. The minimum absolute atomic E-state index is 0.617. The molecule has 1 aromatic heterocycles.